The van der Waals surface area contributed by atoms with Gasteiger partial charge in [0, 0.05) is 19.3 Å². The first kappa shape index (κ1) is 17.5. The summed E-state index contributed by atoms with van der Waals surface area (Å²) >= 11 is 0. The van der Waals surface area contributed by atoms with Crippen LogP contribution in [-0.4, -0.2) is 32.1 Å². The number of benzene rings is 2. The minimum Gasteiger partial charge on any atom is -0.452 e. The molecule has 0 saturated carbocycles. The van der Waals surface area contributed by atoms with Crippen LogP contribution in [-0.2, 0) is 16.0 Å². The van der Waals surface area contributed by atoms with Gasteiger partial charge in [-0.25, -0.2) is 9.18 Å². The van der Waals surface area contributed by atoms with Gasteiger partial charge < -0.3 is 15.4 Å². The molecule has 0 saturated heterocycles. The number of rotatable bonds is 7. The van der Waals surface area contributed by atoms with Crippen LogP contribution in [0.2, 0.25) is 0 Å². The Bertz CT molecular complexity index is 719. The number of amides is 1. The van der Waals surface area contributed by atoms with Crippen LogP contribution in [0.3, 0.4) is 0 Å². The zero-order valence-corrected chi connectivity index (χ0v) is 13.3. The molecule has 5 nitrogen and oxygen atoms in total. The number of carbonyl (C=O) groups excluding carboxylic acids is 2. The smallest absolute Gasteiger partial charge is 0.340 e. The number of esters is 1. The number of nitrogens with one attached hydrogen (secondary N) is 2. The van der Waals surface area contributed by atoms with E-state index in [-0.39, 0.29) is 19.0 Å². The Morgan fingerprint density at radius 3 is 2.54 bits per heavy atom. The Kier molecular flexibility index (Phi) is 6.31. The highest BCUT2D eigenvalue weighted by Crippen LogP contribution is 2.15. The molecule has 2 N–H and O–H groups in total. The minimum atomic E-state index is -0.579. The number of carbonyl (C=O) groups is 2. The molecule has 2 aromatic rings. The van der Waals surface area contributed by atoms with Gasteiger partial charge in [0.1, 0.15) is 5.82 Å². The third kappa shape index (κ3) is 4.81. The van der Waals surface area contributed by atoms with Crippen molar-refractivity contribution in [2.45, 2.75) is 6.42 Å². The van der Waals surface area contributed by atoms with Gasteiger partial charge in [0.2, 0.25) is 0 Å². The first-order chi connectivity index (χ1) is 11.6. The second-order valence-electron chi connectivity index (χ2n) is 5.06. The molecule has 1 amide bonds. The van der Waals surface area contributed by atoms with Crippen LogP contribution in [0.25, 0.3) is 0 Å². The molecule has 0 aliphatic heterocycles. The number of anilines is 1. The fraction of sp³-hybridized carbons (Fsp3) is 0.222. The minimum absolute atomic E-state index is 0.268. The topological polar surface area (TPSA) is 67.4 Å². The number of ether oxygens (including phenoxy) is 1. The van der Waals surface area contributed by atoms with Crippen molar-refractivity contribution >= 4 is 17.6 Å². The van der Waals surface area contributed by atoms with Crippen LogP contribution in [0.1, 0.15) is 15.9 Å². The molecular formula is C18H19FN2O3. The van der Waals surface area contributed by atoms with Crippen molar-refractivity contribution in [2.75, 3.05) is 25.5 Å². The summed E-state index contributed by atoms with van der Waals surface area (Å²) in [4.78, 5) is 23.7. The molecule has 0 aliphatic carbocycles. The van der Waals surface area contributed by atoms with E-state index in [4.69, 9.17) is 4.74 Å². The fourth-order valence-electron chi connectivity index (χ4n) is 2.18. The van der Waals surface area contributed by atoms with Gasteiger partial charge in [0.25, 0.3) is 5.91 Å². The van der Waals surface area contributed by atoms with E-state index in [1.54, 1.807) is 49.5 Å². The highest BCUT2D eigenvalue weighted by Gasteiger charge is 2.13. The van der Waals surface area contributed by atoms with E-state index in [0.29, 0.717) is 23.2 Å². The predicted molar refractivity (Wildman–Crippen MR) is 89.4 cm³/mol. The highest BCUT2D eigenvalue weighted by molar-refractivity contribution is 5.96. The van der Waals surface area contributed by atoms with Crippen molar-refractivity contribution in [1.29, 1.82) is 0 Å². The lowest BCUT2D eigenvalue weighted by molar-refractivity contribution is -0.124. The van der Waals surface area contributed by atoms with Crippen molar-refractivity contribution in [3.8, 4) is 0 Å². The van der Waals surface area contributed by atoms with Crippen molar-refractivity contribution < 1.29 is 18.7 Å². The summed E-state index contributed by atoms with van der Waals surface area (Å²) in [5.41, 5.74) is 1.51. The molecule has 2 rings (SSSR count). The van der Waals surface area contributed by atoms with Crippen LogP contribution in [0.15, 0.2) is 48.5 Å². The molecule has 0 unspecified atom stereocenters. The maximum absolute atomic E-state index is 13.4. The molecule has 0 heterocycles. The zero-order valence-electron chi connectivity index (χ0n) is 13.3. The van der Waals surface area contributed by atoms with E-state index < -0.39 is 11.9 Å². The molecule has 24 heavy (non-hydrogen) atoms. The molecular weight excluding hydrogens is 311 g/mol. The van der Waals surface area contributed by atoms with Gasteiger partial charge in [-0.15, -0.1) is 0 Å². The molecule has 0 aliphatic rings. The number of para-hydroxylation sites is 1. The van der Waals surface area contributed by atoms with Gasteiger partial charge >= 0.3 is 5.97 Å². The van der Waals surface area contributed by atoms with Crippen molar-refractivity contribution in [2.24, 2.45) is 0 Å². The summed E-state index contributed by atoms with van der Waals surface area (Å²) in [5, 5.41) is 5.48. The normalized spacial score (nSPS) is 10.1. The second kappa shape index (κ2) is 8.67. The van der Waals surface area contributed by atoms with E-state index in [2.05, 4.69) is 10.6 Å². The molecule has 0 fully saturated rings. The van der Waals surface area contributed by atoms with E-state index in [1.807, 2.05) is 0 Å². The quantitative estimate of drug-likeness (QED) is 0.765. The van der Waals surface area contributed by atoms with Crippen LogP contribution in [0.4, 0.5) is 10.1 Å². The largest absolute Gasteiger partial charge is 0.452 e. The maximum atomic E-state index is 13.4. The average molecular weight is 330 g/mol. The highest BCUT2D eigenvalue weighted by atomic mass is 19.1. The molecule has 126 valence electrons. The van der Waals surface area contributed by atoms with E-state index in [9.17, 15) is 14.0 Å². The van der Waals surface area contributed by atoms with Gasteiger partial charge in [-0.2, -0.15) is 0 Å². The van der Waals surface area contributed by atoms with Gasteiger partial charge in [0.15, 0.2) is 6.61 Å². The SMILES string of the molecule is CNc1ccccc1C(=O)OCC(=O)NCCc1ccccc1F. The van der Waals surface area contributed by atoms with Gasteiger partial charge in [-0.1, -0.05) is 30.3 Å². The van der Waals surface area contributed by atoms with Crippen LogP contribution < -0.4 is 10.6 Å². The van der Waals surface area contributed by atoms with Gasteiger partial charge in [-0.3, -0.25) is 4.79 Å². The third-order valence-corrected chi connectivity index (χ3v) is 3.43. The van der Waals surface area contributed by atoms with Crippen molar-refractivity contribution in [3.05, 3.63) is 65.5 Å². The summed E-state index contributed by atoms with van der Waals surface area (Å²) in [6, 6.07) is 13.2. The Labute approximate surface area is 139 Å². The first-order valence-corrected chi connectivity index (χ1v) is 7.56. The Morgan fingerprint density at radius 2 is 1.79 bits per heavy atom. The number of hydrogen-bond donors (Lipinski definition) is 2. The molecule has 0 radical (unpaired) electrons. The fourth-order valence-corrected chi connectivity index (χ4v) is 2.18. The number of halogens is 1. The first-order valence-electron chi connectivity index (χ1n) is 7.56. The molecule has 2 aromatic carbocycles. The average Bonchev–Trinajstić information content (AvgIpc) is 2.61. The molecule has 6 heteroatoms. The van der Waals surface area contributed by atoms with Crippen molar-refractivity contribution in [3.63, 3.8) is 0 Å². The monoisotopic (exact) mass is 330 g/mol. The predicted octanol–water partition coefficient (Wildman–Crippen LogP) is 2.38. The molecule has 0 aromatic heterocycles. The van der Waals surface area contributed by atoms with Crippen LogP contribution in [0, 0.1) is 5.82 Å². The van der Waals surface area contributed by atoms with E-state index >= 15 is 0 Å². The summed E-state index contributed by atoms with van der Waals surface area (Å²) < 4.78 is 18.4. The van der Waals surface area contributed by atoms with Gasteiger partial charge in [0.05, 0.1) is 5.56 Å². The molecule has 0 atom stereocenters. The molecule has 0 spiro atoms. The summed E-state index contributed by atoms with van der Waals surface area (Å²) in [6.45, 7) is -0.113. The van der Waals surface area contributed by atoms with E-state index in [0.717, 1.165) is 0 Å². The standard InChI is InChI=1S/C18H19FN2O3/c1-20-16-9-5-3-7-14(16)18(23)24-12-17(22)21-11-10-13-6-2-4-8-15(13)19/h2-9,20H,10-12H2,1H3,(H,21,22). The van der Waals surface area contributed by atoms with Gasteiger partial charge in [-0.05, 0) is 30.2 Å². The lowest BCUT2D eigenvalue weighted by atomic mass is 10.1. The zero-order chi connectivity index (χ0) is 17.4. The third-order valence-electron chi connectivity index (χ3n) is 3.43. The van der Waals surface area contributed by atoms with E-state index in [1.165, 1.54) is 6.07 Å². The summed E-state index contributed by atoms with van der Waals surface area (Å²) in [7, 11) is 1.70. The lowest BCUT2D eigenvalue weighted by Gasteiger charge is -2.09. The maximum Gasteiger partial charge on any atom is 0.340 e. The summed E-state index contributed by atoms with van der Waals surface area (Å²) in [6.07, 6.45) is 0.370. The Morgan fingerprint density at radius 1 is 1.08 bits per heavy atom. The Balaban J connectivity index is 1.77. The summed E-state index contributed by atoms with van der Waals surface area (Å²) in [5.74, 6) is -1.31. The number of hydrogen-bond acceptors (Lipinski definition) is 4. The second-order valence-corrected chi connectivity index (χ2v) is 5.06. The lowest BCUT2D eigenvalue weighted by Crippen LogP contribution is -2.30. The van der Waals surface area contributed by atoms with Crippen LogP contribution >= 0.6 is 0 Å². The van der Waals surface area contributed by atoms with Crippen molar-refractivity contribution in [1.82, 2.24) is 5.32 Å². The Hall–Kier alpha value is -2.89. The molecule has 0 bridgehead atoms. The van der Waals surface area contributed by atoms with Crippen LogP contribution in [0.5, 0.6) is 0 Å².